The van der Waals surface area contributed by atoms with E-state index in [1.54, 1.807) is 35.0 Å². The van der Waals surface area contributed by atoms with Gasteiger partial charge in [0.05, 0.1) is 16.4 Å². The van der Waals surface area contributed by atoms with Crippen molar-refractivity contribution in [2.24, 2.45) is 0 Å². The second kappa shape index (κ2) is 7.80. The van der Waals surface area contributed by atoms with Gasteiger partial charge in [-0.05, 0) is 67.3 Å². The highest BCUT2D eigenvalue weighted by Gasteiger charge is 2.20. The first-order valence-corrected chi connectivity index (χ1v) is 9.06. The highest BCUT2D eigenvalue weighted by molar-refractivity contribution is 6.47. The van der Waals surface area contributed by atoms with Gasteiger partial charge in [0, 0.05) is 12.7 Å². The Morgan fingerprint density at radius 2 is 1.78 bits per heavy atom. The van der Waals surface area contributed by atoms with Crippen LogP contribution in [0.2, 0.25) is 5.02 Å². The molecule has 0 bridgehead atoms. The number of anilines is 1. The zero-order chi connectivity index (χ0) is 19.6. The van der Waals surface area contributed by atoms with Crippen molar-refractivity contribution < 1.29 is 9.59 Å². The summed E-state index contributed by atoms with van der Waals surface area (Å²) in [4.78, 5) is 25.1. The van der Waals surface area contributed by atoms with E-state index in [4.69, 9.17) is 11.6 Å². The van der Waals surface area contributed by atoms with Gasteiger partial charge in [0.1, 0.15) is 0 Å². The maximum Gasteiger partial charge on any atom is 0.298 e. The number of Topliss-reactive ketones (excluding diaryl/α,β-unsaturated/α-hetero) is 1. The summed E-state index contributed by atoms with van der Waals surface area (Å²) in [5, 5.41) is 3.00. The van der Waals surface area contributed by atoms with Crippen LogP contribution in [0.25, 0.3) is 0 Å². The molecule has 2 aromatic carbocycles. The van der Waals surface area contributed by atoms with Crippen LogP contribution in [-0.2, 0) is 11.3 Å². The topological polar surface area (TPSA) is 51.1 Å². The van der Waals surface area contributed by atoms with Crippen LogP contribution in [-0.4, -0.2) is 16.3 Å². The smallest absolute Gasteiger partial charge is 0.298 e. The van der Waals surface area contributed by atoms with Gasteiger partial charge in [-0.2, -0.15) is 0 Å². The van der Waals surface area contributed by atoms with E-state index in [0.29, 0.717) is 22.9 Å². The molecule has 0 aliphatic rings. The van der Waals surface area contributed by atoms with Gasteiger partial charge in [-0.25, -0.2) is 0 Å². The number of benzene rings is 2. The minimum absolute atomic E-state index is 0.342. The molecule has 0 saturated carbocycles. The number of aromatic nitrogens is 1. The molecular formula is C22H21ClN2O2. The molecule has 0 saturated heterocycles. The normalized spacial score (nSPS) is 10.7. The maximum absolute atomic E-state index is 12.6. The van der Waals surface area contributed by atoms with Crippen molar-refractivity contribution in [1.82, 2.24) is 4.57 Å². The fourth-order valence-corrected chi connectivity index (χ4v) is 3.16. The minimum atomic E-state index is -0.708. The van der Waals surface area contributed by atoms with E-state index in [0.717, 1.165) is 11.1 Å². The zero-order valence-corrected chi connectivity index (χ0v) is 16.3. The zero-order valence-electron chi connectivity index (χ0n) is 15.5. The molecule has 0 radical (unpaired) electrons. The molecule has 0 aliphatic carbocycles. The number of nitrogens with zero attached hydrogens (tertiary/aromatic N) is 1. The summed E-state index contributed by atoms with van der Waals surface area (Å²) in [6.07, 6.45) is 1.80. The van der Waals surface area contributed by atoms with Crippen molar-refractivity contribution in [3.05, 3.63) is 87.7 Å². The van der Waals surface area contributed by atoms with Crippen LogP contribution >= 0.6 is 11.6 Å². The van der Waals surface area contributed by atoms with Crippen LogP contribution in [0.1, 0.15) is 32.7 Å². The second-order valence-electron chi connectivity index (χ2n) is 6.71. The predicted octanol–water partition coefficient (Wildman–Crippen LogP) is 4.94. The van der Waals surface area contributed by atoms with Crippen LogP contribution in [0.3, 0.4) is 0 Å². The first-order valence-electron chi connectivity index (χ1n) is 8.68. The molecule has 138 valence electrons. The molecule has 0 aliphatic heterocycles. The molecule has 27 heavy (non-hydrogen) atoms. The molecule has 1 amide bonds. The summed E-state index contributed by atoms with van der Waals surface area (Å²) in [5.41, 5.74) is 5.23. The fraction of sp³-hybridized carbons (Fsp3) is 0.182. The predicted molar refractivity (Wildman–Crippen MR) is 109 cm³/mol. The standard InChI is InChI=1S/C22H21ClN2O2/c1-14-6-9-19(18(23)11-14)24-22(27)21(26)20-5-4-10-25(20)13-17-8-7-15(2)16(3)12-17/h4-12H,13H2,1-3H3,(H,24,27). The molecule has 0 spiro atoms. The van der Waals surface area contributed by atoms with Gasteiger partial charge >= 0.3 is 0 Å². The Morgan fingerprint density at radius 1 is 1.00 bits per heavy atom. The second-order valence-corrected chi connectivity index (χ2v) is 7.11. The lowest BCUT2D eigenvalue weighted by Crippen LogP contribution is -2.25. The molecular weight excluding hydrogens is 360 g/mol. The molecule has 4 nitrogen and oxygen atoms in total. The summed E-state index contributed by atoms with van der Waals surface area (Å²) in [6, 6.07) is 14.9. The van der Waals surface area contributed by atoms with Crippen LogP contribution in [0.5, 0.6) is 0 Å². The van der Waals surface area contributed by atoms with E-state index < -0.39 is 11.7 Å². The Hall–Kier alpha value is -2.85. The molecule has 0 fully saturated rings. The highest BCUT2D eigenvalue weighted by Crippen LogP contribution is 2.23. The first kappa shape index (κ1) is 18.9. The summed E-state index contributed by atoms with van der Waals surface area (Å²) in [5.74, 6) is -1.30. The number of carbonyl (C=O) groups excluding carboxylic acids is 2. The van der Waals surface area contributed by atoms with Crippen molar-refractivity contribution in [3.63, 3.8) is 0 Å². The summed E-state index contributed by atoms with van der Waals surface area (Å²) in [7, 11) is 0. The molecule has 1 aromatic heterocycles. The van der Waals surface area contributed by atoms with Crippen LogP contribution < -0.4 is 5.32 Å². The number of nitrogens with one attached hydrogen (secondary N) is 1. The minimum Gasteiger partial charge on any atom is -0.340 e. The third kappa shape index (κ3) is 4.29. The lowest BCUT2D eigenvalue weighted by atomic mass is 10.1. The number of rotatable bonds is 5. The van der Waals surface area contributed by atoms with E-state index in [1.807, 2.05) is 19.1 Å². The Balaban J connectivity index is 1.78. The Morgan fingerprint density at radius 3 is 2.48 bits per heavy atom. The number of halogens is 1. The number of carbonyl (C=O) groups is 2. The fourth-order valence-electron chi connectivity index (χ4n) is 2.87. The average molecular weight is 381 g/mol. The molecule has 1 heterocycles. The highest BCUT2D eigenvalue weighted by atomic mass is 35.5. The van der Waals surface area contributed by atoms with Gasteiger partial charge in [-0.3, -0.25) is 9.59 Å². The number of ketones is 1. The van der Waals surface area contributed by atoms with Crippen LogP contribution in [0, 0.1) is 20.8 Å². The van der Waals surface area contributed by atoms with Gasteiger partial charge in [-0.15, -0.1) is 0 Å². The quantitative estimate of drug-likeness (QED) is 0.503. The number of aryl methyl sites for hydroxylation is 3. The number of hydrogen-bond acceptors (Lipinski definition) is 2. The summed E-state index contributed by atoms with van der Waals surface area (Å²) < 4.78 is 1.78. The molecule has 5 heteroatoms. The van der Waals surface area contributed by atoms with Crippen molar-refractivity contribution >= 4 is 29.0 Å². The Kier molecular flexibility index (Phi) is 5.47. The van der Waals surface area contributed by atoms with E-state index in [1.165, 1.54) is 11.1 Å². The van der Waals surface area contributed by atoms with Crippen molar-refractivity contribution in [2.45, 2.75) is 27.3 Å². The largest absolute Gasteiger partial charge is 0.340 e. The number of hydrogen-bond donors (Lipinski definition) is 1. The van der Waals surface area contributed by atoms with E-state index in [-0.39, 0.29) is 0 Å². The van der Waals surface area contributed by atoms with E-state index >= 15 is 0 Å². The van der Waals surface area contributed by atoms with Crippen molar-refractivity contribution in [2.75, 3.05) is 5.32 Å². The maximum atomic E-state index is 12.6. The molecule has 3 rings (SSSR count). The lowest BCUT2D eigenvalue weighted by molar-refractivity contribution is -0.112. The van der Waals surface area contributed by atoms with Gasteiger partial charge in [0.25, 0.3) is 11.7 Å². The van der Waals surface area contributed by atoms with Gasteiger partial charge in [-0.1, -0.05) is 35.9 Å². The molecule has 3 aromatic rings. The Bertz CT molecular complexity index is 1020. The number of amides is 1. The average Bonchev–Trinajstić information content (AvgIpc) is 3.08. The van der Waals surface area contributed by atoms with Crippen LogP contribution in [0.4, 0.5) is 5.69 Å². The third-order valence-electron chi connectivity index (χ3n) is 4.57. The molecule has 0 atom stereocenters. The first-order chi connectivity index (χ1) is 12.8. The summed E-state index contributed by atoms with van der Waals surface area (Å²) >= 11 is 6.14. The lowest BCUT2D eigenvalue weighted by Gasteiger charge is -2.11. The Labute approximate surface area is 163 Å². The van der Waals surface area contributed by atoms with Gasteiger partial charge in [0.15, 0.2) is 0 Å². The van der Waals surface area contributed by atoms with Crippen molar-refractivity contribution in [1.29, 1.82) is 0 Å². The molecule has 0 unspecified atom stereocenters. The van der Waals surface area contributed by atoms with E-state index in [2.05, 4.69) is 31.3 Å². The van der Waals surface area contributed by atoms with Gasteiger partial charge in [0.2, 0.25) is 0 Å². The van der Waals surface area contributed by atoms with Crippen LogP contribution in [0.15, 0.2) is 54.7 Å². The van der Waals surface area contributed by atoms with Gasteiger partial charge < -0.3 is 9.88 Å². The van der Waals surface area contributed by atoms with E-state index in [9.17, 15) is 9.59 Å². The summed E-state index contributed by atoms with van der Waals surface area (Å²) in [6.45, 7) is 6.54. The monoisotopic (exact) mass is 380 g/mol. The van der Waals surface area contributed by atoms with Crippen molar-refractivity contribution in [3.8, 4) is 0 Å². The molecule has 1 N–H and O–H groups in total. The SMILES string of the molecule is Cc1ccc(NC(=O)C(=O)c2cccn2Cc2ccc(C)c(C)c2)c(Cl)c1. The third-order valence-corrected chi connectivity index (χ3v) is 4.88.